The summed E-state index contributed by atoms with van der Waals surface area (Å²) in [6, 6.07) is 15.2. The first-order chi connectivity index (χ1) is 13.6. The van der Waals surface area contributed by atoms with Crippen LogP contribution < -0.4 is 0 Å². The normalized spacial score (nSPS) is 12.4. The molecule has 0 saturated carbocycles. The number of carbonyl (C=O) groups is 1. The molecule has 144 valence electrons. The summed E-state index contributed by atoms with van der Waals surface area (Å²) in [5.41, 5.74) is 2.19. The molecule has 3 aromatic rings. The fourth-order valence-corrected chi connectivity index (χ4v) is 4.90. The van der Waals surface area contributed by atoms with Gasteiger partial charge in [0.25, 0.3) is 0 Å². The van der Waals surface area contributed by atoms with Crippen LogP contribution in [0.5, 0.6) is 0 Å². The van der Waals surface area contributed by atoms with E-state index in [1.54, 1.807) is 23.5 Å². The highest BCUT2D eigenvalue weighted by molar-refractivity contribution is 8.38. The average Bonchev–Trinajstić information content (AvgIpc) is 3.12. The number of aromatic nitrogens is 1. The lowest BCUT2D eigenvalue weighted by Crippen LogP contribution is -2.16. The number of aliphatic carboxylic acids is 1. The Kier molecular flexibility index (Phi) is 7.07. The molecule has 28 heavy (non-hydrogen) atoms. The SMILES string of the molecule is CO/N=C(\C(=O)O)c1ccccc1CSC(=Nc1nc2ccccc2s1)SC. The fourth-order valence-electron chi connectivity index (χ4n) is 2.43. The van der Waals surface area contributed by atoms with Gasteiger partial charge in [-0.05, 0) is 24.0 Å². The molecule has 1 N–H and O–H groups in total. The number of hydrogen-bond donors (Lipinski definition) is 1. The number of para-hydroxylation sites is 1. The number of rotatable bonds is 6. The Balaban J connectivity index is 1.82. The molecule has 3 rings (SSSR count). The van der Waals surface area contributed by atoms with E-state index in [2.05, 4.69) is 15.1 Å². The van der Waals surface area contributed by atoms with Gasteiger partial charge in [0.05, 0.1) is 10.2 Å². The largest absolute Gasteiger partial charge is 0.476 e. The van der Waals surface area contributed by atoms with Gasteiger partial charge in [-0.1, -0.05) is 64.7 Å². The maximum atomic E-state index is 11.5. The van der Waals surface area contributed by atoms with Crippen LogP contribution in [-0.2, 0) is 15.4 Å². The van der Waals surface area contributed by atoms with Crippen LogP contribution in [0.25, 0.3) is 10.2 Å². The van der Waals surface area contributed by atoms with Gasteiger partial charge in [0.1, 0.15) is 11.5 Å². The van der Waals surface area contributed by atoms with Crippen molar-refractivity contribution in [1.29, 1.82) is 0 Å². The molecule has 0 amide bonds. The van der Waals surface area contributed by atoms with Crippen molar-refractivity contribution in [3.05, 3.63) is 59.7 Å². The summed E-state index contributed by atoms with van der Waals surface area (Å²) in [5, 5.41) is 13.8. The Morgan fingerprint density at radius 2 is 1.96 bits per heavy atom. The van der Waals surface area contributed by atoms with Crippen LogP contribution in [-0.4, -0.2) is 39.5 Å². The molecule has 0 unspecified atom stereocenters. The van der Waals surface area contributed by atoms with Crippen LogP contribution in [0.4, 0.5) is 5.13 Å². The minimum atomic E-state index is -1.13. The number of nitrogens with zero attached hydrogens (tertiary/aromatic N) is 3. The lowest BCUT2D eigenvalue weighted by atomic mass is 10.0. The number of thiazole rings is 1. The highest BCUT2D eigenvalue weighted by atomic mass is 32.2. The molecule has 0 saturated heterocycles. The van der Waals surface area contributed by atoms with Crippen LogP contribution in [0.1, 0.15) is 11.1 Å². The summed E-state index contributed by atoms with van der Waals surface area (Å²) < 4.78 is 1.95. The predicted octanol–water partition coefficient (Wildman–Crippen LogP) is 5.02. The van der Waals surface area contributed by atoms with Gasteiger partial charge in [-0.15, -0.1) is 11.8 Å². The molecule has 0 aliphatic rings. The monoisotopic (exact) mass is 431 g/mol. The van der Waals surface area contributed by atoms with E-state index in [9.17, 15) is 9.90 Å². The average molecular weight is 432 g/mol. The third-order valence-corrected chi connectivity index (χ3v) is 6.67. The Morgan fingerprint density at radius 3 is 2.68 bits per heavy atom. The second kappa shape index (κ2) is 9.72. The first-order valence-electron chi connectivity index (χ1n) is 8.16. The standard InChI is InChI=1S/C19H17N3O3S3/c1-25-22-16(17(23)24)13-8-4-3-7-12(13)11-27-19(26-2)21-18-20-14-9-5-6-10-15(14)28-18/h3-10H,11H2,1-2H3,(H,23,24)/b21-19?,22-16-. The van der Waals surface area contributed by atoms with E-state index in [0.29, 0.717) is 16.4 Å². The van der Waals surface area contributed by atoms with E-state index in [-0.39, 0.29) is 5.71 Å². The first kappa shape index (κ1) is 20.4. The van der Waals surface area contributed by atoms with Gasteiger partial charge in [0.15, 0.2) is 5.71 Å². The lowest BCUT2D eigenvalue weighted by Gasteiger charge is -2.09. The number of thioether (sulfide) groups is 2. The van der Waals surface area contributed by atoms with E-state index in [1.807, 2.05) is 42.7 Å². The molecule has 1 heterocycles. The van der Waals surface area contributed by atoms with Crippen LogP contribution in [0.15, 0.2) is 58.7 Å². The molecule has 6 nitrogen and oxygen atoms in total. The number of benzene rings is 2. The quantitative estimate of drug-likeness (QED) is 0.335. The van der Waals surface area contributed by atoms with Gasteiger partial charge in [-0.3, -0.25) is 0 Å². The Morgan fingerprint density at radius 1 is 1.21 bits per heavy atom. The lowest BCUT2D eigenvalue weighted by molar-refractivity contribution is -0.129. The second-order valence-corrected chi connectivity index (χ2v) is 8.45. The number of oxime groups is 1. The number of aliphatic imine (C=N–C) groups is 1. The van der Waals surface area contributed by atoms with E-state index in [1.165, 1.54) is 30.6 Å². The number of hydrogen-bond acceptors (Lipinski definition) is 8. The minimum Gasteiger partial charge on any atom is -0.476 e. The number of carboxylic acid groups (broad SMARTS) is 1. The highest BCUT2D eigenvalue weighted by Crippen LogP contribution is 2.31. The molecule has 0 aliphatic heterocycles. The van der Waals surface area contributed by atoms with Crippen molar-refractivity contribution in [2.45, 2.75) is 5.75 Å². The summed E-state index contributed by atoms with van der Waals surface area (Å²) in [6.45, 7) is 0. The van der Waals surface area contributed by atoms with Crippen LogP contribution in [0.2, 0.25) is 0 Å². The van der Waals surface area contributed by atoms with Crippen molar-refractivity contribution < 1.29 is 14.7 Å². The third kappa shape index (κ3) is 4.92. The minimum absolute atomic E-state index is 0.118. The maximum Gasteiger partial charge on any atom is 0.358 e. The summed E-state index contributed by atoms with van der Waals surface area (Å²) in [7, 11) is 1.33. The van der Waals surface area contributed by atoms with Gasteiger partial charge < -0.3 is 9.94 Å². The summed E-state index contributed by atoms with van der Waals surface area (Å²) in [6.07, 6.45) is 1.96. The molecule has 0 aliphatic carbocycles. The Bertz CT molecular complexity index is 1010. The fraction of sp³-hybridized carbons (Fsp3) is 0.158. The zero-order chi connectivity index (χ0) is 19.9. The number of fused-ring (bicyclic) bond motifs is 1. The van der Waals surface area contributed by atoms with Crippen molar-refractivity contribution >= 4 is 66.3 Å². The highest BCUT2D eigenvalue weighted by Gasteiger charge is 2.17. The molecule has 0 fully saturated rings. The van der Waals surface area contributed by atoms with E-state index in [4.69, 9.17) is 4.84 Å². The topological polar surface area (TPSA) is 84.1 Å². The van der Waals surface area contributed by atoms with Crippen molar-refractivity contribution in [1.82, 2.24) is 4.98 Å². The van der Waals surface area contributed by atoms with Crippen LogP contribution >= 0.6 is 34.9 Å². The molecule has 0 bridgehead atoms. The Hall–Kier alpha value is -2.36. The molecule has 1 aromatic heterocycles. The maximum absolute atomic E-state index is 11.5. The Labute approximate surface area is 174 Å². The van der Waals surface area contributed by atoms with E-state index in [0.717, 1.165) is 20.2 Å². The van der Waals surface area contributed by atoms with Crippen LogP contribution in [0.3, 0.4) is 0 Å². The first-order valence-corrected chi connectivity index (χ1v) is 11.2. The van der Waals surface area contributed by atoms with Crippen molar-refractivity contribution in [3.63, 3.8) is 0 Å². The van der Waals surface area contributed by atoms with Gasteiger partial charge in [-0.25, -0.2) is 14.8 Å². The van der Waals surface area contributed by atoms with Gasteiger partial charge in [-0.2, -0.15) is 0 Å². The van der Waals surface area contributed by atoms with Crippen molar-refractivity contribution in [2.75, 3.05) is 13.4 Å². The molecule has 0 spiro atoms. The number of carboxylic acids is 1. The van der Waals surface area contributed by atoms with E-state index >= 15 is 0 Å². The molecule has 9 heteroatoms. The zero-order valence-electron chi connectivity index (χ0n) is 15.2. The van der Waals surface area contributed by atoms with Crippen molar-refractivity contribution in [2.24, 2.45) is 10.1 Å². The summed E-state index contributed by atoms with van der Waals surface area (Å²) >= 11 is 4.61. The van der Waals surface area contributed by atoms with Gasteiger partial charge >= 0.3 is 5.97 Å². The van der Waals surface area contributed by atoms with Gasteiger partial charge in [0, 0.05) is 11.3 Å². The molecule has 0 radical (unpaired) electrons. The summed E-state index contributed by atoms with van der Waals surface area (Å²) in [5.74, 6) is -0.580. The molecule has 2 aromatic carbocycles. The van der Waals surface area contributed by atoms with Gasteiger partial charge in [0.2, 0.25) is 5.13 Å². The van der Waals surface area contributed by atoms with Crippen molar-refractivity contribution in [3.8, 4) is 0 Å². The summed E-state index contributed by atoms with van der Waals surface area (Å²) in [4.78, 5) is 25.4. The predicted molar refractivity (Wildman–Crippen MR) is 119 cm³/mol. The molecular weight excluding hydrogens is 414 g/mol. The molecular formula is C19H17N3O3S3. The van der Waals surface area contributed by atoms with Crippen LogP contribution in [0, 0.1) is 0 Å². The molecule has 0 atom stereocenters. The zero-order valence-corrected chi connectivity index (χ0v) is 17.6. The van der Waals surface area contributed by atoms with E-state index < -0.39 is 5.97 Å². The third-order valence-electron chi connectivity index (χ3n) is 3.65. The smallest absolute Gasteiger partial charge is 0.358 e. The second-order valence-electron chi connectivity index (χ2n) is 5.42.